The monoisotopic (exact) mass is 482 g/mol. The fourth-order valence-corrected chi connectivity index (χ4v) is 4.91. The molecule has 7 heteroatoms. The standard InChI is InChI=1S/C23H22Cl3FN2S/c1-2-20(5-3-4-12-27)30-28-13-14-29(22-11-10-19(25)15-21(22)26)23(16-28)17-6-8-18(24)9-7-17/h2-12,15,23H,13-14,16H2,1H3/b5-3-,12-4+,20-2+. The first-order valence-electron chi connectivity index (χ1n) is 9.51. The summed E-state index contributed by atoms with van der Waals surface area (Å²) in [7, 11) is 0. The lowest BCUT2D eigenvalue weighted by molar-refractivity contribution is 0.367. The van der Waals surface area contributed by atoms with Crippen LogP contribution >= 0.6 is 46.8 Å². The highest BCUT2D eigenvalue weighted by Gasteiger charge is 2.30. The van der Waals surface area contributed by atoms with Crippen molar-refractivity contribution in [3.8, 4) is 0 Å². The third-order valence-corrected chi connectivity index (χ3v) is 6.74. The maximum Gasteiger partial charge on any atom is 0.0866 e. The van der Waals surface area contributed by atoms with Gasteiger partial charge in [0, 0.05) is 34.6 Å². The Hall–Kier alpha value is -1.43. The second-order valence-corrected chi connectivity index (χ2v) is 9.15. The molecule has 2 nitrogen and oxygen atoms in total. The minimum absolute atomic E-state index is 0.0926. The van der Waals surface area contributed by atoms with Gasteiger partial charge in [0.1, 0.15) is 0 Å². The molecule has 0 aromatic heterocycles. The van der Waals surface area contributed by atoms with Crippen molar-refractivity contribution in [2.45, 2.75) is 13.0 Å². The molecule has 1 saturated heterocycles. The Morgan fingerprint density at radius 1 is 1.03 bits per heavy atom. The second-order valence-electron chi connectivity index (χ2n) is 6.70. The molecule has 0 saturated carbocycles. The molecule has 1 fully saturated rings. The summed E-state index contributed by atoms with van der Waals surface area (Å²) in [6, 6.07) is 13.6. The van der Waals surface area contributed by atoms with Gasteiger partial charge in [0.2, 0.25) is 0 Å². The Morgan fingerprint density at radius 2 is 1.77 bits per heavy atom. The molecule has 30 heavy (non-hydrogen) atoms. The van der Waals surface area contributed by atoms with E-state index in [2.05, 4.69) is 21.3 Å². The normalized spacial score (nSPS) is 18.6. The van der Waals surface area contributed by atoms with Gasteiger partial charge in [0.25, 0.3) is 0 Å². The van der Waals surface area contributed by atoms with Crippen LogP contribution in [0.3, 0.4) is 0 Å². The number of hydrogen-bond acceptors (Lipinski definition) is 3. The zero-order chi connectivity index (χ0) is 21.5. The Balaban J connectivity index is 1.86. The summed E-state index contributed by atoms with van der Waals surface area (Å²) in [4.78, 5) is 3.37. The third kappa shape index (κ3) is 6.05. The van der Waals surface area contributed by atoms with E-state index in [4.69, 9.17) is 34.8 Å². The molecule has 0 bridgehead atoms. The minimum atomic E-state index is 0.0926. The van der Waals surface area contributed by atoms with Crippen LogP contribution in [0.15, 0.2) is 78.0 Å². The van der Waals surface area contributed by atoms with Gasteiger partial charge in [0.05, 0.1) is 23.1 Å². The van der Waals surface area contributed by atoms with Crippen LogP contribution in [0.25, 0.3) is 0 Å². The maximum atomic E-state index is 12.2. The van der Waals surface area contributed by atoms with Crippen molar-refractivity contribution in [3.63, 3.8) is 0 Å². The van der Waals surface area contributed by atoms with E-state index in [0.29, 0.717) is 21.4 Å². The zero-order valence-electron chi connectivity index (χ0n) is 16.4. The number of hydrogen-bond donors (Lipinski definition) is 0. The lowest BCUT2D eigenvalue weighted by Crippen LogP contribution is -2.46. The van der Waals surface area contributed by atoms with Gasteiger partial charge in [-0.2, -0.15) is 0 Å². The minimum Gasteiger partial charge on any atom is -0.361 e. The van der Waals surface area contributed by atoms with Gasteiger partial charge in [-0.15, -0.1) is 0 Å². The van der Waals surface area contributed by atoms with E-state index >= 15 is 0 Å². The van der Waals surface area contributed by atoms with E-state index < -0.39 is 0 Å². The third-order valence-electron chi connectivity index (χ3n) is 4.78. The van der Waals surface area contributed by atoms with Gasteiger partial charge in [-0.3, -0.25) is 0 Å². The molecule has 1 aliphatic heterocycles. The average molecular weight is 484 g/mol. The van der Waals surface area contributed by atoms with E-state index in [1.165, 1.54) is 6.08 Å². The van der Waals surface area contributed by atoms with Crippen molar-refractivity contribution in [1.29, 1.82) is 0 Å². The fraction of sp³-hybridized carbons (Fsp3) is 0.217. The summed E-state index contributed by atoms with van der Waals surface area (Å²) in [5, 5.41) is 1.96. The number of halogens is 4. The van der Waals surface area contributed by atoms with E-state index in [9.17, 15) is 4.39 Å². The molecule has 1 atom stereocenters. The SMILES string of the molecule is C\C=C(/C=C\C=C\F)SN1CCN(c2ccc(Cl)cc2Cl)C(c2ccc(Cl)cc2)C1. The Kier molecular flexibility index (Phi) is 8.72. The number of anilines is 1. The fourth-order valence-electron chi connectivity index (χ4n) is 3.33. The summed E-state index contributed by atoms with van der Waals surface area (Å²) < 4.78 is 14.6. The number of allylic oxidation sites excluding steroid dienone is 4. The van der Waals surface area contributed by atoms with Crippen molar-refractivity contribution in [2.24, 2.45) is 0 Å². The molecule has 0 N–H and O–H groups in total. The van der Waals surface area contributed by atoms with Crippen LogP contribution < -0.4 is 4.90 Å². The van der Waals surface area contributed by atoms with E-state index in [-0.39, 0.29) is 6.04 Å². The van der Waals surface area contributed by atoms with Crippen LogP contribution in [0.5, 0.6) is 0 Å². The molecule has 158 valence electrons. The number of benzene rings is 2. The van der Waals surface area contributed by atoms with Gasteiger partial charge >= 0.3 is 0 Å². The molecule has 0 spiro atoms. The molecule has 0 amide bonds. The summed E-state index contributed by atoms with van der Waals surface area (Å²) >= 11 is 20.4. The van der Waals surface area contributed by atoms with E-state index in [1.807, 2.05) is 43.3 Å². The molecule has 3 rings (SSSR count). The van der Waals surface area contributed by atoms with Gasteiger partial charge < -0.3 is 4.90 Å². The molecule has 1 aliphatic rings. The summed E-state index contributed by atoms with van der Waals surface area (Å²) in [5.41, 5.74) is 2.12. The number of piperazine rings is 1. The van der Waals surface area contributed by atoms with Gasteiger partial charge in [-0.25, -0.2) is 8.70 Å². The maximum absolute atomic E-state index is 12.2. The van der Waals surface area contributed by atoms with Crippen LogP contribution in [0, 0.1) is 0 Å². The predicted molar refractivity (Wildman–Crippen MR) is 130 cm³/mol. The van der Waals surface area contributed by atoms with Crippen LogP contribution in [-0.2, 0) is 0 Å². The largest absolute Gasteiger partial charge is 0.361 e. The first kappa shape index (κ1) is 23.2. The smallest absolute Gasteiger partial charge is 0.0866 e. The highest BCUT2D eigenvalue weighted by Crippen LogP contribution is 2.39. The number of rotatable bonds is 6. The molecule has 2 aromatic carbocycles. The average Bonchev–Trinajstić information content (AvgIpc) is 2.74. The molecule has 1 unspecified atom stereocenters. The predicted octanol–water partition coefficient (Wildman–Crippen LogP) is 8.10. The van der Waals surface area contributed by atoms with Crippen LogP contribution in [0.4, 0.5) is 10.1 Å². The first-order chi connectivity index (χ1) is 14.5. The van der Waals surface area contributed by atoms with Crippen molar-refractivity contribution in [2.75, 3.05) is 24.5 Å². The molecule has 2 aromatic rings. The second kappa shape index (κ2) is 11.3. The zero-order valence-corrected chi connectivity index (χ0v) is 19.5. The van der Waals surface area contributed by atoms with Gasteiger partial charge in [-0.05, 0) is 66.9 Å². The van der Waals surface area contributed by atoms with Crippen LogP contribution in [-0.4, -0.2) is 23.9 Å². The van der Waals surface area contributed by atoms with E-state index in [0.717, 1.165) is 35.8 Å². The highest BCUT2D eigenvalue weighted by atomic mass is 35.5. The molecular weight excluding hydrogens is 462 g/mol. The van der Waals surface area contributed by atoms with Crippen LogP contribution in [0.1, 0.15) is 18.5 Å². The molecule has 0 aliphatic carbocycles. The Bertz CT molecular complexity index is 944. The molecular formula is C23H22Cl3FN2S. The van der Waals surface area contributed by atoms with Crippen LogP contribution in [0.2, 0.25) is 15.1 Å². The van der Waals surface area contributed by atoms with Gasteiger partial charge in [0.15, 0.2) is 0 Å². The Labute approximate surface area is 196 Å². The number of nitrogens with zero attached hydrogens (tertiary/aromatic N) is 2. The quantitative estimate of drug-likeness (QED) is 0.303. The lowest BCUT2D eigenvalue weighted by Gasteiger charge is -2.43. The Morgan fingerprint density at radius 3 is 2.43 bits per heavy atom. The summed E-state index contributed by atoms with van der Waals surface area (Å²) in [5.74, 6) is 0. The summed E-state index contributed by atoms with van der Waals surface area (Å²) in [6.07, 6.45) is 7.52. The van der Waals surface area contributed by atoms with Crippen molar-refractivity contribution in [3.05, 3.63) is 98.6 Å². The van der Waals surface area contributed by atoms with Crippen molar-refractivity contribution >= 4 is 52.4 Å². The summed E-state index contributed by atoms with van der Waals surface area (Å²) in [6.45, 7) is 4.41. The topological polar surface area (TPSA) is 6.48 Å². The highest BCUT2D eigenvalue weighted by molar-refractivity contribution is 8.01. The molecule has 0 radical (unpaired) electrons. The van der Waals surface area contributed by atoms with Crippen molar-refractivity contribution in [1.82, 2.24) is 4.31 Å². The molecule has 1 heterocycles. The first-order valence-corrected chi connectivity index (χ1v) is 11.4. The van der Waals surface area contributed by atoms with Gasteiger partial charge in [-0.1, -0.05) is 59.1 Å². The van der Waals surface area contributed by atoms with E-state index in [1.54, 1.807) is 24.1 Å². The lowest BCUT2D eigenvalue weighted by atomic mass is 10.0. The van der Waals surface area contributed by atoms with Crippen molar-refractivity contribution < 1.29 is 4.39 Å².